The fourth-order valence-corrected chi connectivity index (χ4v) is 4.06. The van der Waals surface area contributed by atoms with E-state index in [0.717, 1.165) is 23.6 Å². The van der Waals surface area contributed by atoms with Crippen molar-refractivity contribution in [2.45, 2.75) is 18.2 Å². The minimum Gasteiger partial charge on any atom is -1.00 e. The van der Waals surface area contributed by atoms with Crippen molar-refractivity contribution in [3.63, 3.8) is 0 Å². The van der Waals surface area contributed by atoms with Gasteiger partial charge in [0.25, 0.3) is 0 Å². The molecule has 1 aromatic rings. The smallest absolute Gasteiger partial charge is 0.416 e. The predicted octanol–water partition coefficient (Wildman–Crippen LogP) is 0.212. The molecule has 1 N–H and O–H groups in total. The molecule has 0 saturated carbocycles. The quantitative estimate of drug-likeness (QED) is 0.839. The van der Waals surface area contributed by atoms with Gasteiger partial charge in [-0.05, 0) is 44.0 Å². The Kier molecular flexibility index (Phi) is 6.62. The summed E-state index contributed by atoms with van der Waals surface area (Å²) in [7, 11) is 3.87. The Morgan fingerprint density at radius 1 is 1.27 bits per heavy atom. The molecule has 2 unspecified atom stereocenters. The molecule has 0 amide bonds. The van der Waals surface area contributed by atoms with Crippen molar-refractivity contribution in [2.24, 2.45) is 5.92 Å². The summed E-state index contributed by atoms with van der Waals surface area (Å²) in [5, 5.41) is 11.0. The first-order chi connectivity index (χ1) is 9.73. The zero-order valence-corrected chi connectivity index (χ0v) is 14.1. The second-order valence-corrected chi connectivity index (χ2v) is 6.93. The third kappa shape index (κ3) is 4.31. The number of rotatable bonds is 3. The van der Waals surface area contributed by atoms with Gasteiger partial charge in [-0.3, -0.25) is 0 Å². The SMILES string of the molecule is CN(C)CC1CSCCC1(O)c1ccc(C(F)(F)F)cc1.[Cl-]. The Morgan fingerprint density at radius 2 is 1.86 bits per heavy atom. The number of benzene rings is 1. The predicted molar refractivity (Wildman–Crippen MR) is 79.3 cm³/mol. The zero-order chi connectivity index (χ0) is 15.7. The van der Waals surface area contributed by atoms with Crippen LogP contribution in [0.3, 0.4) is 0 Å². The van der Waals surface area contributed by atoms with E-state index < -0.39 is 17.3 Å². The second-order valence-electron chi connectivity index (χ2n) is 5.78. The van der Waals surface area contributed by atoms with Gasteiger partial charge in [0, 0.05) is 18.2 Å². The van der Waals surface area contributed by atoms with Crippen LogP contribution in [-0.4, -0.2) is 42.2 Å². The first kappa shape index (κ1) is 19.6. The van der Waals surface area contributed by atoms with Crippen LogP contribution in [0.25, 0.3) is 0 Å². The van der Waals surface area contributed by atoms with Gasteiger partial charge in [0.05, 0.1) is 11.2 Å². The van der Waals surface area contributed by atoms with Crippen LogP contribution in [0, 0.1) is 5.92 Å². The lowest BCUT2D eigenvalue weighted by Crippen LogP contribution is -3.00. The van der Waals surface area contributed by atoms with Crippen LogP contribution >= 0.6 is 11.8 Å². The van der Waals surface area contributed by atoms with Crippen molar-refractivity contribution in [1.29, 1.82) is 0 Å². The van der Waals surface area contributed by atoms with Gasteiger partial charge >= 0.3 is 6.18 Å². The van der Waals surface area contributed by atoms with E-state index in [4.69, 9.17) is 0 Å². The van der Waals surface area contributed by atoms with E-state index in [1.54, 1.807) is 11.8 Å². The second kappa shape index (κ2) is 7.43. The van der Waals surface area contributed by atoms with Crippen LogP contribution in [-0.2, 0) is 11.8 Å². The monoisotopic (exact) mass is 354 g/mol. The summed E-state index contributed by atoms with van der Waals surface area (Å²) in [6.45, 7) is 0.713. The highest BCUT2D eigenvalue weighted by atomic mass is 35.5. The number of thioether (sulfide) groups is 1. The number of aliphatic hydroxyl groups is 1. The number of halogens is 4. The molecule has 2 nitrogen and oxygen atoms in total. The average molecular weight is 355 g/mol. The highest BCUT2D eigenvalue weighted by Crippen LogP contribution is 2.41. The standard InChI is InChI=1S/C15H20F3NOS.ClH/c1-19(2)9-13-10-21-8-7-14(13,20)11-3-5-12(6-4-11)15(16,17)18;/h3-6,13,20H,7-10H2,1-2H3;1H/p-1. The summed E-state index contributed by atoms with van der Waals surface area (Å²) in [5.74, 6) is 1.65. The summed E-state index contributed by atoms with van der Waals surface area (Å²) < 4.78 is 37.9. The van der Waals surface area contributed by atoms with Crippen LogP contribution in [0.15, 0.2) is 24.3 Å². The van der Waals surface area contributed by atoms with Crippen molar-refractivity contribution < 1.29 is 30.7 Å². The summed E-state index contributed by atoms with van der Waals surface area (Å²) in [6, 6.07) is 4.95. The van der Waals surface area contributed by atoms with Crippen LogP contribution in [0.2, 0.25) is 0 Å². The Morgan fingerprint density at radius 3 is 2.36 bits per heavy atom. The van der Waals surface area contributed by atoms with Crippen molar-refractivity contribution in [1.82, 2.24) is 4.90 Å². The maximum absolute atomic E-state index is 12.6. The van der Waals surface area contributed by atoms with Gasteiger partial charge in [-0.2, -0.15) is 24.9 Å². The third-order valence-corrected chi connectivity index (χ3v) is 5.05. The van der Waals surface area contributed by atoms with Crippen molar-refractivity contribution >= 4 is 11.8 Å². The maximum Gasteiger partial charge on any atom is 0.416 e. The van der Waals surface area contributed by atoms with Crippen LogP contribution in [0.1, 0.15) is 17.5 Å². The van der Waals surface area contributed by atoms with E-state index in [-0.39, 0.29) is 18.3 Å². The van der Waals surface area contributed by atoms with Gasteiger partial charge in [0.15, 0.2) is 0 Å². The van der Waals surface area contributed by atoms with E-state index in [9.17, 15) is 18.3 Å². The largest absolute Gasteiger partial charge is 1.00 e. The first-order valence-corrected chi connectivity index (χ1v) is 8.01. The fraction of sp³-hybridized carbons (Fsp3) is 0.600. The average Bonchev–Trinajstić information content (AvgIpc) is 2.40. The Labute approximate surface area is 139 Å². The summed E-state index contributed by atoms with van der Waals surface area (Å²) >= 11 is 1.78. The summed E-state index contributed by atoms with van der Waals surface area (Å²) in [5.41, 5.74) is -1.13. The molecule has 0 bridgehead atoms. The molecule has 126 valence electrons. The summed E-state index contributed by atoms with van der Waals surface area (Å²) in [4.78, 5) is 2.01. The highest BCUT2D eigenvalue weighted by Gasteiger charge is 2.41. The van der Waals surface area contributed by atoms with Gasteiger partial charge in [-0.15, -0.1) is 0 Å². The minimum atomic E-state index is -4.34. The van der Waals surface area contributed by atoms with E-state index in [1.165, 1.54) is 12.1 Å². The summed E-state index contributed by atoms with van der Waals surface area (Å²) in [6.07, 6.45) is -3.77. The molecule has 7 heteroatoms. The van der Waals surface area contributed by atoms with E-state index in [2.05, 4.69) is 0 Å². The normalized spacial score (nSPS) is 25.9. The molecule has 22 heavy (non-hydrogen) atoms. The molecule has 1 aromatic carbocycles. The highest BCUT2D eigenvalue weighted by molar-refractivity contribution is 7.99. The molecule has 0 aromatic heterocycles. The van der Waals surface area contributed by atoms with Crippen LogP contribution in [0.5, 0.6) is 0 Å². The van der Waals surface area contributed by atoms with Gasteiger partial charge in [-0.1, -0.05) is 12.1 Å². The molecular formula is C15H20ClF3NOS-. The van der Waals surface area contributed by atoms with Gasteiger partial charge in [0.2, 0.25) is 0 Å². The molecule has 1 saturated heterocycles. The zero-order valence-electron chi connectivity index (χ0n) is 12.5. The number of nitrogens with zero attached hydrogens (tertiary/aromatic N) is 1. The molecule has 0 aliphatic carbocycles. The molecule has 0 radical (unpaired) electrons. The van der Waals surface area contributed by atoms with Crippen molar-refractivity contribution in [3.8, 4) is 0 Å². The Balaban J connectivity index is 0.00000242. The van der Waals surface area contributed by atoms with Crippen LogP contribution in [0.4, 0.5) is 13.2 Å². The lowest BCUT2D eigenvalue weighted by molar-refractivity contribution is -0.137. The van der Waals surface area contributed by atoms with E-state index in [1.807, 2.05) is 19.0 Å². The molecule has 2 rings (SSSR count). The Bertz CT molecular complexity index is 481. The number of hydrogen-bond donors (Lipinski definition) is 1. The topological polar surface area (TPSA) is 23.5 Å². The maximum atomic E-state index is 12.6. The van der Waals surface area contributed by atoms with Gasteiger partial charge in [0.1, 0.15) is 0 Å². The van der Waals surface area contributed by atoms with Crippen molar-refractivity contribution in [2.75, 3.05) is 32.1 Å². The molecular weight excluding hydrogens is 335 g/mol. The van der Waals surface area contributed by atoms with E-state index in [0.29, 0.717) is 18.5 Å². The third-order valence-electron chi connectivity index (χ3n) is 3.92. The molecule has 1 aliphatic heterocycles. The van der Waals surface area contributed by atoms with Crippen LogP contribution < -0.4 is 12.4 Å². The first-order valence-electron chi connectivity index (χ1n) is 6.86. The minimum absolute atomic E-state index is 0. The van der Waals surface area contributed by atoms with Gasteiger partial charge < -0.3 is 22.4 Å². The van der Waals surface area contributed by atoms with Gasteiger partial charge in [-0.25, -0.2) is 0 Å². The molecule has 1 fully saturated rings. The molecule has 1 heterocycles. The molecule has 2 atom stereocenters. The fourth-order valence-electron chi connectivity index (χ4n) is 2.77. The van der Waals surface area contributed by atoms with E-state index >= 15 is 0 Å². The Hall–Kier alpha value is -0.430. The number of alkyl halides is 3. The van der Waals surface area contributed by atoms with Crippen molar-refractivity contribution in [3.05, 3.63) is 35.4 Å². The lowest BCUT2D eigenvalue weighted by Gasteiger charge is -2.41. The molecule has 0 spiro atoms. The lowest BCUT2D eigenvalue weighted by atomic mass is 9.79. The number of hydrogen-bond acceptors (Lipinski definition) is 3. The molecule has 1 aliphatic rings.